The molecule has 1 aromatic rings. The minimum atomic E-state index is -1.36. The van der Waals surface area contributed by atoms with E-state index in [0.29, 0.717) is 5.56 Å². The first-order valence-corrected chi connectivity index (χ1v) is 5.85. The highest BCUT2D eigenvalue weighted by molar-refractivity contribution is 6.22. The van der Waals surface area contributed by atoms with Gasteiger partial charge >= 0.3 is 5.97 Å². The Balaban J connectivity index is 2.70. The molecule has 0 fully saturated rings. The second kappa shape index (κ2) is 5.52. The van der Waals surface area contributed by atoms with E-state index in [1.807, 2.05) is 6.07 Å². The Morgan fingerprint density at radius 2 is 1.82 bits per heavy atom. The molecule has 0 amide bonds. The molecular formula is C13H17ClO3. The third-order valence-corrected chi connectivity index (χ3v) is 2.53. The standard InChI is InChI=1S/C13H17ClO3/c1-13(2,3)17-12(16)11(15)10(14)9-7-5-4-6-8-9/h4-8,10-11,15H,1-3H3/t10-,11-/m1/s1. The number of alkyl halides is 1. The lowest BCUT2D eigenvalue weighted by atomic mass is 10.1. The van der Waals surface area contributed by atoms with Crippen LogP contribution in [0.5, 0.6) is 0 Å². The van der Waals surface area contributed by atoms with Crippen LogP contribution in [-0.4, -0.2) is 22.8 Å². The Morgan fingerprint density at radius 3 is 2.29 bits per heavy atom. The van der Waals surface area contributed by atoms with Crippen molar-refractivity contribution >= 4 is 17.6 Å². The number of aliphatic hydroxyl groups is 1. The summed E-state index contributed by atoms with van der Waals surface area (Å²) in [4.78, 5) is 11.6. The van der Waals surface area contributed by atoms with Gasteiger partial charge in [-0.1, -0.05) is 30.3 Å². The van der Waals surface area contributed by atoms with Crippen LogP contribution in [0.1, 0.15) is 31.7 Å². The van der Waals surface area contributed by atoms with Crippen molar-refractivity contribution in [3.8, 4) is 0 Å². The third-order valence-electron chi connectivity index (χ3n) is 2.04. The number of benzene rings is 1. The summed E-state index contributed by atoms with van der Waals surface area (Å²) in [6.45, 7) is 5.22. The first-order chi connectivity index (χ1) is 7.81. The number of rotatable bonds is 3. The van der Waals surface area contributed by atoms with Gasteiger partial charge in [0.05, 0.1) is 5.38 Å². The SMILES string of the molecule is CC(C)(C)OC(=O)[C@H](O)[C@H](Cl)c1ccccc1. The lowest BCUT2D eigenvalue weighted by Crippen LogP contribution is -2.34. The second-order valence-electron chi connectivity index (χ2n) is 4.79. The van der Waals surface area contributed by atoms with Gasteiger partial charge < -0.3 is 9.84 Å². The van der Waals surface area contributed by atoms with Gasteiger partial charge in [-0.25, -0.2) is 4.79 Å². The highest BCUT2D eigenvalue weighted by Gasteiger charge is 2.30. The summed E-state index contributed by atoms with van der Waals surface area (Å²) in [6.07, 6.45) is -1.36. The zero-order chi connectivity index (χ0) is 13.1. The van der Waals surface area contributed by atoms with Crippen LogP contribution in [0.3, 0.4) is 0 Å². The summed E-state index contributed by atoms with van der Waals surface area (Å²) in [6, 6.07) is 8.95. The van der Waals surface area contributed by atoms with E-state index >= 15 is 0 Å². The summed E-state index contributed by atoms with van der Waals surface area (Å²) >= 11 is 6.03. The largest absolute Gasteiger partial charge is 0.458 e. The highest BCUT2D eigenvalue weighted by atomic mass is 35.5. The molecular weight excluding hydrogens is 240 g/mol. The van der Waals surface area contributed by atoms with E-state index in [4.69, 9.17) is 16.3 Å². The quantitative estimate of drug-likeness (QED) is 0.668. The molecule has 0 aromatic heterocycles. The molecule has 17 heavy (non-hydrogen) atoms. The first kappa shape index (κ1) is 14.0. The molecule has 0 saturated carbocycles. The maximum atomic E-state index is 11.6. The molecule has 0 bridgehead atoms. The maximum absolute atomic E-state index is 11.6. The molecule has 1 N–H and O–H groups in total. The maximum Gasteiger partial charge on any atom is 0.337 e. The van der Waals surface area contributed by atoms with Gasteiger partial charge in [0, 0.05) is 0 Å². The van der Waals surface area contributed by atoms with Gasteiger partial charge in [0.2, 0.25) is 0 Å². The first-order valence-electron chi connectivity index (χ1n) is 5.41. The highest BCUT2D eigenvalue weighted by Crippen LogP contribution is 2.25. The molecule has 3 nitrogen and oxygen atoms in total. The number of hydrogen-bond donors (Lipinski definition) is 1. The Bertz CT molecular complexity index is 370. The van der Waals surface area contributed by atoms with Crippen molar-refractivity contribution in [2.75, 3.05) is 0 Å². The number of halogens is 1. The fourth-order valence-electron chi connectivity index (χ4n) is 1.30. The zero-order valence-corrected chi connectivity index (χ0v) is 10.9. The van der Waals surface area contributed by atoms with Crippen LogP contribution in [0.2, 0.25) is 0 Å². The molecule has 1 aromatic carbocycles. The topological polar surface area (TPSA) is 46.5 Å². The fourth-order valence-corrected chi connectivity index (χ4v) is 1.55. The van der Waals surface area contributed by atoms with Crippen LogP contribution < -0.4 is 0 Å². The van der Waals surface area contributed by atoms with Crippen molar-refractivity contribution in [2.24, 2.45) is 0 Å². The van der Waals surface area contributed by atoms with E-state index in [9.17, 15) is 9.90 Å². The smallest absolute Gasteiger partial charge is 0.337 e. The number of hydrogen-bond acceptors (Lipinski definition) is 3. The van der Waals surface area contributed by atoms with Gasteiger partial charge in [-0.15, -0.1) is 11.6 Å². The van der Waals surface area contributed by atoms with E-state index < -0.39 is 23.1 Å². The van der Waals surface area contributed by atoms with Crippen molar-refractivity contribution in [3.63, 3.8) is 0 Å². The molecule has 0 heterocycles. The van der Waals surface area contributed by atoms with Gasteiger partial charge in [0.25, 0.3) is 0 Å². The Kier molecular flexibility index (Phi) is 4.54. The molecule has 94 valence electrons. The Morgan fingerprint density at radius 1 is 1.29 bits per heavy atom. The van der Waals surface area contributed by atoms with Crippen molar-refractivity contribution in [1.82, 2.24) is 0 Å². The van der Waals surface area contributed by atoms with Gasteiger partial charge in [-0.2, -0.15) is 0 Å². The molecule has 0 spiro atoms. The van der Waals surface area contributed by atoms with Crippen LogP contribution in [0.15, 0.2) is 30.3 Å². The van der Waals surface area contributed by atoms with Crippen LogP contribution in [0, 0.1) is 0 Å². The molecule has 0 unspecified atom stereocenters. The normalized spacial score (nSPS) is 15.1. The summed E-state index contributed by atoms with van der Waals surface area (Å²) in [7, 11) is 0. The van der Waals surface area contributed by atoms with Crippen LogP contribution in [0.4, 0.5) is 0 Å². The molecule has 1 rings (SSSR count). The van der Waals surface area contributed by atoms with Gasteiger partial charge in [-0.3, -0.25) is 0 Å². The minimum absolute atomic E-state index is 0.634. The van der Waals surface area contributed by atoms with E-state index in [1.54, 1.807) is 45.0 Å². The van der Waals surface area contributed by atoms with Gasteiger partial charge in [0.15, 0.2) is 6.10 Å². The summed E-state index contributed by atoms with van der Waals surface area (Å²) in [5, 5.41) is 9.00. The predicted molar refractivity (Wildman–Crippen MR) is 66.9 cm³/mol. The zero-order valence-electron chi connectivity index (χ0n) is 10.2. The Labute approximate surface area is 106 Å². The van der Waals surface area contributed by atoms with Crippen LogP contribution in [0.25, 0.3) is 0 Å². The summed E-state index contributed by atoms with van der Waals surface area (Å²) < 4.78 is 5.07. The molecule has 0 saturated heterocycles. The number of esters is 1. The van der Waals surface area contributed by atoms with Gasteiger partial charge in [-0.05, 0) is 26.3 Å². The summed E-state index contributed by atoms with van der Waals surface area (Å²) in [5.74, 6) is -0.707. The number of aliphatic hydroxyl groups excluding tert-OH is 1. The average molecular weight is 257 g/mol. The molecule has 0 aliphatic carbocycles. The molecule has 0 radical (unpaired) electrons. The van der Waals surface area contributed by atoms with Crippen molar-refractivity contribution < 1.29 is 14.6 Å². The van der Waals surface area contributed by atoms with Crippen LogP contribution in [-0.2, 0) is 9.53 Å². The number of ether oxygens (including phenoxy) is 1. The van der Waals surface area contributed by atoms with Gasteiger partial charge in [0.1, 0.15) is 5.60 Å². The molecule has 0 aliphatic rings. The van der Waals surface area contributed by atoms with Crippen molar-refractivity contribution in [3.05, 3.63) is 35.9 Å². The Hall–Kier alpha value is -1.06. The van der Waals surface area contributed by atoms with Crippen LogP contribution >= 0.6 is 11.6 Å². The minimum Gasteiger partial charge on any atom is -0.458 e. The van der Waals surface area contributed by atoms with E-state index in [2.05, 4.69) is 0 Å². The van der Waals surface area contributed by atoms with Crippen molar-refractivity contribution in [1.29, 1.82) is 0 Å². The summed E-state index contributed by atoms with van der Waals surface area (Å²) in [5.41, 5.74) is 0.0540. The number of carbonyl (C=O) groups is 1. The van der Waals surface area contributed by atoms with E-state index in [1.165, 1.54) is 0 Å². The molecule has 4 heteroatoms. The molecule has 2 atom stereocenters. The molecule has 0 aliphatic heterocycles. The van der Waals surface area contributed by atoms with E-state index in [-0.39, 0.29) is 0 Å². The number of carbonyl (C=O) groups excluding carboxylic acids is 1. The fraction of sp³-hybridized carbons (Fsp3) is 0.462. The average Bonchev–Trinajstić information content (AvgIpc) is 2.26. The lowest BCUT2D eigenvalue weighted by Gasteiger charge is -2.23. The second-order valence-corrected chi connectivity index (χ2v) is 5.26. The van der Waals surface area contributed by atoms with Crippen molar-refractivity contribution in [2.45, 2.75) is 37.9 Å². The van der Waals surface area contributed by atoms with E-state index in [0.717, 1.165) is 0 Å². The third kappa shape index (κ3) is 4.36. The lowest BCUT2D eigenvalue weighted by molar-refractivity contribution is -0.165. The predicted octanol–water partition coefficient (Wildman–Crippen LogP) is 2.67. The monoisotopic (exact) mass is 256 g/mol.